The first-order valence-corrected chi connectivity index (χ1v) is 6.07. The van der Waals surface area contributed by atoms with Crippen molar-refractivity contribution in [3.05, 3.63) is 35.9 Å². The Bertz CT molecular complexity index is 360. The molecule has 86 valence electrons. The van der Waals surface area contributed by atoms with Crippen LogP contribution in [-0.4, -0.2) is 5.91 Å². The molecule has 1 saturated carbocycles. The Morgan fingerprint density at radius 3 is 2.56 bits per heavy atom. The molecular weight excluding hydrogens is 198 g/mol. The number of benzene rings is 1. The smallest absolute Gasteiger partial charge is 0.223 e. The molecule has 3 unspecified atom stereocenters. The molecule has 0 radical (unpaired) electrons. The number of hydrogen-bond donors (Lipinski definition) is 1. The molecule has 1 N–H and O–H groups in total. The van der Waals surface area contributed by atoms with Crippen molar-refractivity contribution < 1.29 is 4.79 Å². The lowest BCUT2D eigenvalue weighted by molar-refractivity contribution is -0.123. The van der Waals surface area contributed by atoms with Gasteiger partial charge in [0.05, 0.1) is 6.04 Å². The van der Waals surface area contributed by atoms with Crippen molar-refractivity contribution in [3.8, 4) is 0 Å². The molecule has 1 fully saturated rings. The third kappa shape index (κ3) is 2.43. The van der Waals surface area contributed by atoms with E-state index in [1.54, 1.807) is 0 Å². The predicted molar refractivity (Wildman–Crippen MR) is 64.9 cm³/mol. The van der Waals surface area contributed by atoms with Crippen LogP contribution >= 0.6 is 0 Å². The number of nitrogens with one attached hydrogen (secondary N) is 1. The lowest BCUT2D eigenvalue weighted by Crippen LogP contribution is -2.29. The molecule has 1 aromatic carbocycles. The van der Waals surface area contributed by atoms with Crippen LogP contribution in [0.1, 0.15) is 38.3 Å². The molecule has 1 aliphatic rings. The number of carbonyl (C=O) groups excluding carboxylic acids is 1. The van der Waals surface area contributed by atoms with E-state index in [2.05, 4.69) is 31.3 Å². The van der Waals surface area contributed by atoms with Crippen LogP contribution in [0.3, 0.4) is 0 Å². The van der Waals surface area contributed by atoms with Crippen LogP contribution in [0.4, 0.5) is 0 Å². The second kappa shape index (κ2) is 4.69. The molecule has 0 saturated heterocycles. The highest BCUT2D eigenvalue weighted by molar-refractivity contribution is 5.81. The van der Waals surface area contributed by atoms with Gasteiger partial charge in [0.15, 0.2) is 0 Å². The fraction of sp³-hybridized carbons (Fsp3) is 0.500. The zero-order valence-corrected chi connectivity index (χ0v) is 9.94. The summed E-state index contributed by atoms with van der Waals surface area (Å²) in [6, 6.07) is 10.4. The van der Waals surface area contributed by atoms with Crippen molar-refractivity contribution in [2.75, 3.05) is 0 Å². The van der Waals surface area contributed by atoms with Crippen molar-refractivity contribution in [2.45, 2.75) is 32.7 Å². The molecule has 0 spiro atoms. The maximum absolute atomic E-state index is 11.8. The predicted octanol–water partition coefficient (Wildman–Crippen LogP) is 2.91. The summed E-state index contributed by atoms with van der Waals surface area (Å²) < 4.78 is 0. The molecule has 2 rings (SSSR count). The molecule has 2 nitrogen and oxygen atoms in total. The van der Waals surface area contributed by atoms with Crippen molar-refractivity contribution in [2.24, 2.45) is 11.8 Å². The Morgan fingerprint density at radius 2 is 2.06 bits per heavy atom. The van der Waals surface area contributed by atoms with Crippen molar-refractivity contribution in [3.63, 3.8) is 0 Å². The monoisotopic (exact) mass is 217 g/mol. The van der Waals surface area contributed by atoms with Crippen LogP contribution in [0, 0.1) is 11.8 Å². The molecule has 2 heteroatoms. The van der Waals surface area contributed by atoms with E-state index in [9.17, 15) is 4.79 Å². The highest BCUT2D eigenvalue weighted by Crippen LogP contribution is 2.38. The first-order chi connectivity index (χ1) is 7.72. The highest BCUT2D eigenvalue weighted by atomic mass is 16.2. The van der Waals surface area contributed by atoms with Gasteiger partial charge in [-0.3, -0.25) is 4.79 Å². The van der Waals surface area contributed by atoms with E-state index in [0.29, 0.717) is 5.92 Å². The zero-order valence-electron chi connectivity index (χ0n) is 9.94. The molecule has 0 heterocycles. The van der Waals surface area contributed by atoms with E-state index < -0.39 is 0 Å². The molecule has 3 atom stereocenters. The lowest BCUT2D eigenvalue weighted by atomic mass is 10.0. The van der Waals surface area contributed by atoms with E-state index >= 15 is 0 Å². The van der Waals surface area contributed by atoms with E-state index in [0.717, 1.165) is 12.8 Å². The minimum Gasteiger partial charge on any atom is -0.349 e. The Morgan fingerprint density at radius 1 is 1.44 bits per heavy atom. The standard InChI is InChI=1S/C14H19NO/c1-3-13(11-7-5-4-6-8-11)15-14(16)12-9-10(12)2/h4-8,10,12-13H,3,9H2,1-2H3,(H,15,16). The van der Waals surface area contributed by atoms with Crippen LogP contribution in [0.15, 0.2) is 30.3 Å². The third-order valence-electron chi connectivity index (χ3n) is 3.37. The molecule has 0 aliphatic heterocycles. The second-order valence-corrected chi connectivity index (χ2v) is 4.70. The Kier molecular flexibility index (Phi) is 3.28. The Balaban J connectivity index is 1.98. The molecule has 0 aromatic heterocycles. The van der Waals surface area contributed by atoms with Gasteiger partial charge in [-0.1, -0.05) is 44.2 Å². The van der Waals surface area contributed by atoms with Crippen molar-refractivity contribution >= 4 is 5.91 Å². The van der Waals surface area contributed by atoms with Crippen LogP contribution in [0.2, 0.25) is 0 Å². The van der Waals surface area contributed by atoms with Gasteiger partial charge in [-0.2, -0.15) is 0 Å². The van der Waals surface area contributed by atoms with E-state index in [1.165, 1.54) is 5.56 Å². The van der Waals surface area contributed by atoms with Gasteiger partial charge in [0, 0.05) is 5.92 Å². The van der Waals surface area contributed by atoms with Gasteiger partial charge in [-0.15, -0.1) is 0 Å². The summed E-state index contributed by atoms with van der Waals surface area (Å²) >= 11 is 0. The minimum atomic E-state index is 0.168. The average Bonchev–Trinajstić information content (AvgIpc) is 3.04. The first kappa shape index (κ1) is 11.2. The maximum Gasteiger partial charge on any atom is 0.223 e. The summed E-state index contributed by atoms with van der Waals surface area (Å²) in [4.78, 5) is 11.8. The molecule has 0 bridgehead atoms. The highest BCUT2D eigenvalue weighted by Gasteiger charge is 2.39. The number of rotatable bonds is 4. The van der Waals surface area contributed by atoms with Crippen LogP contribution in [0.5, 0.6) is 0 Å². The van der Waals surface area contributed by atoms with Crippen molar-refractivity contribution in [1.82, 2.24) is 5.32 Å². The average molecular weight is 217 g/mol. The SMILES string of the molecule is CCC(NC(=O)C1CC1C)c1ccccc1. The van der Waals surface area contributed by atoms with E-state index in [1.807, 2.05) is 18.2 Å². The zero-order chi connectivity index (χ0) is 11.5. The maximum atomic E-state index is 11.8. The Labute approximate surface area is 97.1 Å². The summed E-state index contributed by atoms with van der Waals surface area (Å²) in [6.45, 7) is 4.24. The number of amides is 1. The quantitative estimate of drug-likeness (QED) is 0.825. The molecule has 1 aliphatic carbocycles. The Hall–Kier alpha value is -1.31. The summed E-state index contributed by atoms with van der Waals surface area (Å²) in [6.07, 6.45) is 1.99. The van der Waals surface area contributed by atoms with E-state index in [4.69, 9.17) is 0 Å². The summed E-state index contributed by atoms with van der Waals surface area (Å²) in [7, 11) is 0. The van der Waals surface area contributed by atoms with E-state index in [-0.39, 0.29) is 17.9 Å². The fourth-order valence-electron chi connectivity index (χ4n) is 2.07. The first-order valence-electron chi connectivity index (χ1n) is 6.07. The summed E-state index contributed by atoms with van der Waals surface area (Å²) in [5, 5.41) is 3.14. The topological polar surface area (TPSA) is 29.1 Å². The van der Waals surface area contributed by atoms with Gasteiger partial charge in [0.2, 0.25) is 5.91 Å². The fourth-order valence-corrected chi connectivity index (χ4v) is 2.07. The van der Waals surface area contributed by atoms with Crippen LogP contribution in [0.25, 0.3) is 0 Å². The number of hydrogen-bond acceptors (Lipinski definition) is 1. The van der Waals surface area contributed by atoms with Gasteiger partial charge in [0.1, 0.15) is 0 Å². The lowest BCUT2D eigenvalue weighted by Gasteiger charge is -2.17. The molecule has 16 heavy (non-hydrogen) atoms. The largest absolute Gasteiger partial charge is 0.349 e. The third-order valence-corrected chi connectivity index (χ3v) is 3.37. The normalized spacial score (nSPS) is 24.9. The van der Waals surface area contributed by atoms with Gasteiger partial charge in [0.25, 0.3) is 0 Å². The van der Waals surface area contributed by atoms with Crippen LogP contribution in [-0.2, 0) is 4.79 Å². The van der Waals surface area contributed by atoms with Crippen LogP contribution < -0.4 is 5.32 Å². The van der Waals surface area contributed by atoms with Gasteiger partial charge in [-0.25, -0.2) is 0 Å². The van der Waals surface area contributed by atoms with Gasteiger partial charge in [-0.05, 0) is 24.3 Å². The molecule has 1 aromatic rings. The molecule has 1 amide bonds. The molecular formula is C14H19NO. The van der Waals surface area contributed by atoms with Gasteiger partial charge < -0.3 is 5.32 Å². The van der Waals surface area contributed by atoms with Crippen molar-refractivity contribution in [1.29, 1.82) is 0 Å². The minimum absolute atomic E-state index is 0.168. The summed E-state index contributed by atoms with van der Waals surface area (Å²) in [5.41, 5.74) is 1.20. The second-order valence-electron chi connectivity index (χ2n) is 4.70. The van der Waals surface area contributed by atoms with Gasteiger partial charge >= 0.3 is 0 Å². The number of carbonyl (C=O) groups is 1. The summed E-state index contributed by atoms with van der Waals surface area (Å²) in [5.74, 6) is 1.06.